The zero-order valence-corrected chi connectivity index (χ0v) is 15.2. The number of benzene rings is 2. The lowest BCUT2D eigenvalue weighted by Gasteiger charge is -2.10. The number of carbonyl (C=O) groups excluding carboxylic acids is 1. The van der Waals surface area contributed by atoms with Crippen molar-refractivity contribution < 1.29 is 22.0 Å². The molecule has 0 saturated heterocycles. The molecule has 0 spiro atoms. The zero-order chi connectivity index (χ0) is 19.3. The van der Waals surface area contributed by atoms with Crippen molar-refractivity contribution in [3.63, 3.8) is 0 Å². The van der Waals surface area contributed by atoms with E-state index in [4.69, 9.17) is 0 Å². The standard InChI is InChI=1S/C18H20F2N2O3S/c1-12(2)3-10-18(23)21-13-4-6-14(7-5-13)22-26(24,25)15-8-9-16(19)17(20)11-15/h4-9,11-12,22H,3,10H2,1-2H3,(H,21,23). The van der Waals surface area contributed by atoms with E-state index in [1.54, 1.807) is 12.1 Å². The van der Waals surface area contributed by atoms with Gasteiger partial charge in [-0.2, -0.15) is 0 Å². The van der Waals surface area contributed by atoms with E-state index in [9.17, 15) is 22.0 Å². The van der Waals surface area contributed by atoms with Crippen LogP contribution in [0.4, 0.5) is 20.2 Å². The molecule has 0 unspecified atom stereocenters. The number of rotatable bonds is 7. The summed E-state index contributed by atoms with van der Waals surface area (Å²) in [6.45, 7) is 4.06. The quantitative estimate of drug-likeness (QED) is 0.756. The summed E-state index contributed by atoms with van der Waals surface area (Å²) in [6.07, 6.45) is 1.18. The van der Waals surface area contributed by atoms with E-state index in [0.717, 1.165) is 18.6 Å². The lowest BCUT2D eigenvalue weighted by Crippen LogP contribution is -2.14. The van der Waals surface area contributed by atoms with E-state index in [1.165, 1.54) is 12.1 Å². The molecular formula is C18H20F2N2O3S. The van der Waals surface area contributed by atoms with Gasteiger partial charge in [0.15, 0.2) is 11.6 Å². The summed E-state index contributed by atoms with van der Waals surface area (Å²) in [5.74, 6) is -2.06. The number of nitrogens with one attached hydrogen (secondary N) is 2. The molecule has 2 N–H and O–H groups in total. The molecule has 140 valence electrons. The summed E-state index contributed by atoms with van der Waals surface area (Å²) in [7, 11) is -4.05. The topological polar surface area (TPSA) is 75.3 Å². The number of carbonyl (C=O) groups is 1. The highest BCUT2D eigenvalue weighted by molar-refractivity contribution is 7.92. The third-order valence-electron chi connectivity index (χ3n) is 3.57. The van der Waals surface area contributed by atoms with Gasteiger partial charge < -0.3 is 5.32 Å². The van der Waals surface area contributed by atoms with Crippen molar-refractivity contribution >= 4 is 27.3 Å². The first-order chi connectivity index (χ1) is 12.2. The number of sulfonamides is 1. The predicted octanol–water partition coefficient (Wildman–Crippen LogP) is 4.14. The second-order valence-electron chi connectivity index (χ2n) is 6.24. The molecule has 2 aromatic carbocycles. The molecule has 8 heteroatoms. The Kier molecular flexibility index (Phi) is 6.31. The Labute approximate surface area is 151 Å². The van der Waals surface area contributed by atoms with Crippen molar-refractivity contribution in [1.29, 1.82) is 0 Å². The summed E-state index contributed by atoms with van der Waals surface area (Å²) in [5, 5.41) is 2.73. The van der Waals surface area contributed by atoms with Crippen molar-refractivity contribution in [3.8, 4) is 0 Å². The molecule has 0 aliphatic rings. The average molecular weight is 382 g/mol. The molecule has 2 rings (SSSR count). The van der Waals surface area contributed by atoms with Crippen LogP contribution in [0.15, 0.2) is 47.4 Å². The summed E-state index contributed by atoms with van der Waals surface area (Å²) in [6, 6.07) is 8.38. The molecule has 5 nitrogen and oxygen atoms in total. The Hall–Kier alpha value is -2.48. The molecule has 0 heterocycles. The predicted molar refractivity (Wildman–Crippen MR) is 96.3 cm³/mol. The van der Waals surface area contributed by atoms with Gasteiger partial charge in [0.2, 0.25) is 5.91 Å². The molecule has 26 heavy (non-hydrogen) atoms. The minimum absolute atomic E-state index is 0.117. The van der Waals surface area contributed by atoms with Crippen molar-refractivity contribution in [2.24, 2.45) is 5.92 Å². The molecule has 1 amide bonds. The van der Waals surface area contributed by atoms with E-state index < -0.39 is 21.7 Å². The van der Waals surface area contributed by atoms with Crippen LogP contribution in [-0.2, 0) is 14.8 Å². The van der Waals surface area contributed by atoms with Gasteiger partial charge in [-0.1, -0.05) is 13.8 Å². The molecule has 0 saturated carbocycles. The maximum atomic E-state index is 13.2. The second kappa shape index (κ2) is 8.27. The van der Waals surface area contributed by atoms with Crippen LogP contribution in [0, 0.1) is 17.6 Å². The fourth-order valence-electron chi connectivity index (χ4n) is 2.12. The summed E-state index contributed by atoms with van der Waals surface area (Å²) in [4.78, 5) is 11.4. The average Bonchev–Trinajstić information content (AvgIpc) is 2.57. The summed E-state index contributed by atoms with van der Waals surface area (Å²) >= 11 is 0. The van der Waals surface area contributed by atoms with Crippen LogP contribution >= 0.6 is 0 Å². The second-order valence-corrected chi connectivity index (χ2v) is 7.92. The monoisotopic (exact) mass is 382 g/mol. The van der Waals surface area contributed by atoms with Crippen LogP contribution in [0.1, 0.15) is 26.7 Å². The number of hydrogen-bond donors (Lipinski definition) is 2. The van der Waals surface area contributed by atoms with E-state index >= 15 is 0 Å². The Bertz CT molecular complexity index is 882. The summed E-state index contributed by atoms with van der Waals surface area (Å²) in [5.41, 5.74) is 0.768. The fourth-order valence-corrected chi connectivity index (χ4v) is 3.19. The Balaban J connectivity index is 2.04. The van der Waals surface area contributed by atoms with Crippen molar-refractivity contribution in [3.05, 3.63) is 54.1 Å². The number of halogens is 2. The van der Waals surface area contributed by atoms with Crippen LogP contribution in [0.3, 0.4) is 0 Å². The Morgan fingerprint density at radius 1 is 1.00 bits per heavy atom. The largest absolute Gasteiger partial charge is 0.326 e. The molecular weight excluding hydrogens is 362 g/mol. The molecule has 0 aromatic heterocycles. The first-order valence-electron chi connectivity index (χ1n) is 8.05. The molecule has 2 aromatic rings. The minimum Gasteiger partial charge on any atom is -0.326 e. The Morgan fingerprint density at radius 2 is 1.62 bits per heavy atom. The van der Waals surface area contributed by atoms with Gasteiger partial charge in [-0.15, -0.1) is 0 Å². The zero-order valence-electron chi connectivity index (χ0n) is 14.4. The van der Waals surface area contributed by atoms with Crippen LogP contribution in [0.5, 0.6) is 0 Å². The lowest BCUT2D eigenvalue weighted by atomic mass is 10.1. The van der Waals surface area contributed by atoms with Gasteiger partial charge in [0.25, 0.3) is 10.0 Å². The van der Waals surface area contributed by atoms with Gasteiger partial charge in [-0.25, -0.2) is 17.2 Å². The maximum absolute atomic E-state index is 13.2. The van der Waals surface area contributed by atoms with Crippen LogP contribution in [-0.4, -0.2) is 14.3 Å². The van der Waals surface area contributed by atoms with Crippen LogP contribution < -0.4 is 10.0 Å². The smallest absolute Gasteiger partial charge is 0.261 e. The van der Waals surface area contributed by atoms with Gasteiger partial charge in [0.1, 0.15) is 0 Å². The van der Waals surface area contributed by atoms with Gasteiger partial charge in [0.05, 0.1) is 4.90 Å². The SMILES string of the molecule is CC(C)CCC(=O)Nc1ccc(NS(=O)(=O)c2ccc(F)c(F)c2)cc1. The normalized spacial score (nSPS) is 11.4. The van der Waals surface area contributed by atoms with Crippen molar-refractivity contribution in [1.82, 2.24) is 0 Å². The first-order valence-corrected chi connectivity index (χ1v) is 9.53. The number of anilines is 2. The highest BCUT2D eigenvalue weighted by atomic mass is 32.2. The van der Waals surface area contributed by atoms with Gasteiger partial charge in [-0.3, -0.25) is 9.52 Å². The molecule has 0 bridgehead atoms. The number of hydrogen-bond acceptors (Lipinski definition) is 3. The van der Waals surface area contributed by atoms with E-state index in [1.807, 2.05) is 13.8 Å². The highest BCUT2D eigenvalue weighted by Gasteiger charge is 2.16. The molecule has 0 aliphatic carbocycles. The third-order valence-corrected chi connectivity index (χ3v) is 4.95. The molecule has 0 atom stereocenters. The maximum Gasteiger partial charge on any atom is 0.261 e. The molecule has 0 radical (unpaired) electrons. The molecule has 0 fully saturated rings. The Morgan fingerprint density at radius 3 is 2.19 bits per heavy atom. The van der Waals surface area contributed by atoms with E-state index in [-0.39, 0.29) is 16.5 Å². The van der Waals surface area contributed by atoms with Gasteiger partial charge >= 0.3 is 0 Å². The van der Waals surface area contributed by atoms with Crippen LogP contribution in [0.2, 0.25) is 0 Å². The van der Waals surface area contributed by atoms with E-state index in [0.29, 0.717) is 24.1 Å². The van der Waals surface area contributed by atoms with Crippen LogP contribution in [0.25, 0.3) is 0 Å². The number of amides is 1. The van der Waals surface area contributed by atoms with Crippen molar-refractivity contribution in [2.45, 2.75) is 31.6 Å². The lowest BCUT2D eigenvalue weighted by molar-refractivity contribution is -0.116. The van der Waals surface area contributed by atoms with Gasteiger partial charge in [0, 0.05) is 17.8 Å². The van der Waals surface area contributed by atoms with E-state index in [2.05, 4.69) is 10.0 Å². The third kappa shape index (κ3) is 5.52. The first kappa shape index (κ1) is 19.8. The molecule has 0 aliphatic heterocycles. The minimum atomic E-state index is -4.05. The van der Waals surface area contributed by atoms with Gasteiger partial charge in [-0.05, 0) is 54.8 Å². The highest BCUT2D eigenvalue weighted by Crippen LogP contribution is 2.20. The fraction of sp³-hybridized carbons (Fsp3) is 0.278. The van der Waals surface area contributed by atoms with Crippen molar-refractivity contribution in [2.75, 3.05) is 10.0 Å². The summed E-state index contributed by atoms with van der Waals surface area (Å²) < 4.78 is 52.9.